The molecule has 0 saturated carbocycles. The van der Waals surface area contributed by atoms with E-state index in [2.05, 4.69) is 6.58 Å². The predicted octanol–water partition coefficient (Wildman–Crippen LogP) is 2.28. The lowest BCUT2D eigenvalue weighted by Crippen LogP contribution is -2.11. The Morgan fingerprint density at radius 3 is 2.82 bits per heavy atom. The third kappa shape index (κ3) is 3.83. The van der Waals surface area contributed by atoms with Crippen LogP contribution in [0.2, 0.25) is 0 Å². The van der Waals surface area contributed by atoms with E-state index in [1.54, 1.807) is 12.1 Å². The number of carbonyl (C=O) groups is 1. The number of hydrogen-bond acceptors (Lipinski definition) is 3. The summed E-state index contributed by atoms with van der Waals surface area (Å²) in [6.45, 7) is 5.64. The lowest BCUT2D eigenvalue weighted by molar-refractivity contribution is -0.139. The maximum atomic E-state index is 10.5. The summed E-state index contributed by atoms with van der Waals surface area (Å²) in [5.74, 6) is 0.0330. The average Bonchev–Trinajstić information content (AvgIpc) is 2.29. The van der Waals surface area contributed by atoms with Gasteiger partial charge in [0.05, 0.1) is 6.61 Å². The van der Waals surface area contributed by atoms with Crippen molar-refractivity contribution in [3.63, 3.8) is 0 Å². The van der Waals surface area contributed by atoms with Crippen molar-refractivity contribution in [3.05, 3.63) is 36.4 Å². The van der Waals surface area contributed by atoms with Gasteiger partial charge in [-0.1, -0.05) is 18.2 Å². The molecule has 1 rings (SSSR count). The third-order valence-electron chi connectivity index (χ3n) is 2.06. The second-order valence-corrected chi connectivity index (χ2v) is 3.35. The van der Waals surface area contributed by atoms with Crippen LogP contribution in [0.15, 0.2) is 30.9 Å². The number of carboxylic acid groups (broad SMARTS) is 1. The summed E-state index contributed by atoms with van der Waals surface area (Å²) in [5, 5.41) is 8.63. The highest BCUT2D eigenvalue weighted by molar-refractivity contribution is 5.68. The van der Waals surface area contributed by atoms with E-state index < -0.39 is 5.97 Å². The monoisotopic (exact) mass is 236 g/mol. The molecule has 1 aromatic rings. The van der Waals surface area contributed by atoms with Gasteiger partial charge in [-0.3, -0.25) is 0 Å². The first-order chi connectivity index (χ1) is 8.19. The standard InChI is InChI=1S/C13H16O4/c1-3-6-10-7-5-8-11(16-4-2)13(10)17-9-12(14)15/h3,5,7-8H,1,4,6,9H2,2H3,(H,14,15). The van der Waals surface area contributed by atoms with Gasteiger partial charge in [0.2, 0.25) is 0 Å². The molecule has 4 nitrogen and oxygen atoms in total. The van der Waals surface area contributed by atoms with E-state index in [1.807, 2.05) is 19.1 Å². The van der Waals surface area contributed by atoms with Gasteiger partial charge < -0.3 is 14.6 Å². The molecule has 0 aliphatic rings. The maximum Gasteiger partial charge on any atom is 0.341 e. The summed E-state index contributed by atoms with van der Waals surface area (Å²) in [7, 11) is 0. The van der Waals surface area contributed by atoms with Crippen LogP contribution < -0.4 is 9.47 Å². The van der Waals surface area contributed by atoms with Crippen LogP contribution in [0.4, 0.5) is 0 Å². The van der Waals surface area contributed by atoms with Crippen LogP contribution in [0.1, 0.15) is 12.5 Å². The van der Waals surface area contributed by atoms with Gasteiger partial charge in [0.25, 0.3) is 0 Å². The highest BCUT2D eigenvalue weighted by Gasteiger charge is 2.11. The average molecular weight is 236 g/mol. The van der Waals surface area contributed by atoms with Crippen molar-refractivity contribution in [2.45, 2.75) is 13.3 Å². The van der Waals surface area contributed by atoms with Crippen molar-refractivity contribution in [1.82, 2.24) is 0 Å². The summed E-state index contributed by atoms with van der Waals surface area (Å²) in [6.07, 6.45) is 2.34. The van der Waals surface area contributed by atoms with Gasteiger partial charge in [-0.15, -0.1) is 6.58 Å². The molecule has 0 heterocycles. The second-order valence-electron chi connectivity index (χ2n) is 3.35. The third-order valence-corrected chi connectivity index (χ3v) is 2.06. The number of allylic oxidation sites excluding steroid dienone is 1. The Labute approximate surface area is 100 Å². The quantitative estimate of drug-likeness (QED) is 0.738. The van der Waals surface area contributed by atoms with Gasteiger partial charge in [-0.05, 0) is 19.4 Å². The Hall–Kier alpha value is -1.97. The largest absolute Gasteiger partial charge is 0.490 e. The molecule has 1 aromatic carbocycles. The molecule has 0 amide bonds. The fourth-order valence-corrected chi connectivity index (χ4v) is 1.44. The number of para-hydroxylation sites is 1. The number of aliphatic carboxylic acids is 1. The fourth-order valence-electron chi connectivity index (χ4n) is 1.44. The number of rotatable bonds is 7. The summed E-state index contributed by atoms with van der Waals surface area (Å²) in [5.41, 5.74) is 0.868. The highest BCUT2D eigenvalue weighted by atomic mass is 16.5. The molecule has 17 heavy (non-hydrogen) atoms. The van der Waals surface area contributed by atoms with Crippen molar-refractivity contribution in [3.8, 4) is 11.5 Å². The van der Waals surface area contributed by atoms with Crippen LogP contribution in [0.3, 0.4) is 0 Å². The lowest BCUT2D eigenvalue weighted by atomic mass is 10.1. The number of benzene rings is 1. The molecule has 0 aliphatic carbocycles. The molecular weight excluding hydrogens is 220 g/mol. The van der Waals surface area contributed by atoms with Gasteiger partial charge in [0.15, 0.2) is 18.1 Å². The molecule has 0 spiro atoms. The first-order valence-corrected chi connectivity index (χ1v) is 5.39. The zero-order valence-corrected chi connectivity index (χ0v) is 9.81. The summed E-state index contributed by atoms with van der Waals surface area (Å²) < 4.78 is 10.7. The maximum absolute atomic E-state index is 10.5. The molecule has 0 aromatic heterocycles. The molecule has 0 fully saturated rings. The predicted molar refractivity (Wildman–Crippen MR) is 64.6 cm³/mol. The van der Waals surface area contributed by atoms with E-state index in [4.69, 9.17) is 14.6 Å². The van der Waals surface area contributed by atoms with Crippen molar-refractivity contribution < 1.29 is 19.4 Å². The van der Waals surface area contributed by atoms with Gasteiger partial charge >= 0.3 is 5.97 Å². The second kappa shape index (κ2) is 6.58. The molecular formula is C13H16O4. The van der Waals surface area contributed by atoms with Crippen LogP contribution in [0.25, 0.3) is 0 Å². The molecule has 0 radical (unpaired) electrons. The van der Waals surface area contributed by atoms with Crippen LogP contribution >= 0.6 is 0 Å². The van der Waals surface area contributed by atoms with Crippen molar-refractivity contribution in [1.29, 1.82) is 0 Å². The number of hydrogen-bond donors (Lipinski definition) is 1. The molecule has 1 N–H and O–H groups in total. The van der Waals surface area contributed by atoms with Crippen molar-refractivity contribution in [2.24, 2.45) is 0 Å². The molecule has 0 atom stereocenters. The minimum Gasteiger partial charge on any atom is -0.490 e. The molecule has 4 heteroatoms. The molecule has 0 bridgehead atoms. The number of carboxylic acids is 1. The smallest absolute Gasteiger partial charge is 0.341 e. The molecule has 0 aliphatic heterocycles. The molecule has 0 unspecified atom stereocenters. The summed E-state index contributed by atoms with van der Waals surface area (Å²) >= 11 is 0. The topological polar surface area (TPSA) is 55.8 Å². The normalized spacial score (nSPS) is 9.71. The SMILES string of the molecule is C=CCc1cccc(OCC)c1OCC(=O)O. The highest BCUT2D eigenvalue weighted by Crippen LogP contribution is 2.31. The van der Waals surface area contributed by atoms with E-state index in [0.717, 1.165) is 5.56 Å². The summed E-state index contributed by atoms with van der Waals surface area (Å²) in [4.78, 5) is 10.5. The van der Waals surface area contributed by atoms with Crippen molar-refractivity contribution >= 4 is 5.97 Å². The summed E-state index contributed by atoms with van der Waals surface area (Å²) in [6, 6.07) is 5.46. The van der Waals surface area contributed by atoms with E-state index in [1.165, 1.54) is 0 Å². The zero-order chi connectivity index (χ0) is 12.7. The minimum absolute atomic E-state index is 0.381. The van der Waals surface area contributed by atoms with E-state index >= 15 is 0 Å². The Bertz CT molecular complexity index is 398. The van der Waals surface area contributed by atoms with Gasteiger partial charge in [0.1, 0.15) is 0 Å². The van der Waals surface area contributed by atoms with Crippen LogP contribution in [-0.4, -0.2) is 24.3 Å². The lowest BCUT2D eigenvalue weighted by Gasteiger charge is -2.14. The Kier molecular flexibility index (Phi) is 5.07. The number of ether oxygens (including phenoxy) is 2. The Morgan fingerprint density at radius 1 is 1.47 bits per heavy atom. The van der Waals surface area contributed by atoms with Crippen LogP contribution in [-0.2, 0) is 11.2 Å². The van der Waals surface area contributed by atoms with E-state index in [-0.39, 0.29) is 6.61 Å². The molecule has 0 saturated heterocycles. The molecule has 92 valence electrons. The Balaban J connectivity index is 2.99. The van der Waals surface area contributed by atoms with Gasteiger partial charge in [0, 0.05) is 5.56 Å². The van der Waals surface area contributed by atoms with Crippen LogP contribution in [0.5, 0.6) is 11.5 Å². The van der Waals surface area contributed by atoms with Gasteiger partial charge in [-0.25, -0.2) is 4.79 Å². The fraction of sp³-hybridized carbons (Fsp3) is 0.308. The minimum atomic E-state index is -1.01. The van der Waals surface area contributed by atoms with E-state index in [9.17, 15) is 4.79 Å². The zero-order valence-electron chi connectivity index (χ0n) is 9.81. The van der Waals surface area contributed by atoms with Crippen LogP contribution in [0, 0.1) is 0 Å². The van der Waals surface area contributed by atoms with Gasteiger partial charge in [-0.2, -0.15) is 0 Å². The van der Waals surface area contributed by atoms with Crippen molar-refractivity contribution in [2.75, 3.05) is 13.2 Å². The first-order valence-electron chi connectivity index (χ1n) is 5.39. The van der Waals surface area contributed by atoms with E-state index in [0.29, 0.717) is 24.5 Å². The first kappa shape index (κ1) is 13.1. The Morgan fingerprint density at radius 2 is 2.24 bits per heavy atom.